The number of piperidine rings is 1. The molecule has 3 aromatic rings. The number of likely N-dealkylation sites (tertiary alicyclic amines) is 2. The summed E-state index contributed by atoms with van der Waals surface area (Å²) in [4.78, 5) is 25.5. The Morgan fingerprint density at radius 3 is 2.54 bits per heavy atom. The molecule has 0 amide bonds. The standard InChI is InChI=1S/C34H43ClN4O2/c1-23-7-5-12-27(17-23)29-22-39(30(34(40)41)18-24-10-6-11-24)21-28(29)20-38-15-13-26(14-16-38)32-33(35)37-31(36-32)19-25-8-3-2-4-9-25/h2-5,7-9,12,17,24,26,28-30H,6,10-11,13-16,18-22H2,1H3,(H,36,37)(H,40,41). The molecule has 3 aliphatic rings. The van der Waals surface area contributed by atoms with Crippen LogP contribution >= 0.6 is 11.6 Å². The molecular weight excluding hydrogens is 532 g/mol. The van der Waals surface area contributed by atoms with Crippen molar-refractivity contribution in [1.82, 2.24) is 19.8 Å². The molecule has 7 heteroatoms. The quantitative estimate of drug-likeness (QED) is 0.289. The van der Waals surface area contributed by atoms with E-state index in [1.807, 2.05) is 6.07 Å². The normalized spacial score (nSPS) is 23.5. The summed E-state index contributed by atoms with van der Waals surface area (Å²) in [6.07, 6.45) is 7.28. The number of H-pyrrole nitrogens is 1. The Kier molecular flexibility index (Phi) is 8.80. The number of carboxylic acid groups (broad SMARTS) is 1. The van der Waals surface area contributed by atoms with Crippen LogP contribution in [0.15, 0.2) is 54.6 Å². The van der Waals surface area contributed by atoms with Crippen LogP contribution < -0.4 is 0 Å². The van der Waals surface area contributed by atoms with Crippen LogP contribution in [0.5, 0.6) is 0 Å². The number of carbonyl (C=O) groups is 1. The molecule has 218 valence electrons. The number of hydrogen-bond acceptors (Lipinski definition) is 4. The molecule has 0 radical (unpaired) electrons. The van der Waals surface area contributed by atoms with Crippen LogP contribution in [0, 0.1) is 18.8 Å². The van der Waals surface area contributed by atoms with Gasteiger partial charge in [0.15, 0.2) is 5.15 Å². The highest BCUT2D eigenvalue weighted by Crippen LogP contribution is 2.39. The number of halogens is 1. The molecule has 3 atom stereocenters. The number of aromatic nitrogens is 2. The number of aliphatic carboxylic acids is 1. The lowest BCUT2D eigenvalue weighted by Crippen LogP contribution is -2.43. The van der Waals surface area contributed by atoms with Crippen molar-refractivity contribution in [3.8, 4) is 0 Å². The minimum atomic E-state index is -0.649. The van der Waals surface area contributed by atoms with Gasteiger partial charge in [-0.15, -0.1) is 0 Å². The van der Waals surface area contributed by atoms with Gasteiger partial charge in [-0.05, 0) is 62.2 Å². The van der Waals surface area contributed by atoms with Gasteiger partial charge in [0, 0.05) is 37.9 Å². The van der Waals surface area contributed by atoms with Gasteiger partial charge < -0.3 is 15.0 Å². The van der Waals surface area contributed by atoms with E-state index in [1.165, 1.54) is 36.0 Å². The Morgan fingerprint density at radius 1 is 1.07 bits per heavy atom. The number of carboxylic acids is 1. The van der Waals surface area contributed by atoms with Gasteiger partial charge in [-0.1, -0.05) is 91.0 Å². The molecule has 3 fully saturated rings. The molecule has 6 rings (SSSR count). The Balaban J connectivity index is 1.11. The van der Waals surface area contributed by atoms with Crippen LogP contribution in [0.1, 0.15) is 78.6 Å². The molecule has 1 aliphatic carbocycles. The van der Waals surface area contributed by atoms with Crippen LogP contribution in [0.2, 0.25) is 5.15 Å². The summed E-state index contributed by atoms with van der Waals surface area (Å²) in [5.41, 5.74) is 4.94. The van der Waals surface area contributed by atoms with Crippen LogP contribution in [0.25, 0.3) is 0 Å². The molecule has 1 saturated carbocycles. The highest BCUT2D eigenvalue weighted by Gasteiger charge is 2.41. The zero-order valence-corrected chi connectivity index (χ0v) is 24.9. The molecule has 2 N–H and O–H groups in total. The Hall–Kier alpha value is -2.67. The predicted molar refractivity (Wildman–Crippen MR) is 164 cm³/mol. The first-order valence-corrected chi connectivity index (χ1v) is 15.8. The lowest BCUT2D eigenvalue weighted by molar-refractivity contribution is -0.144. The zero-order valence-electron chi connectivity index (χ0n) is 24.1. The van der Waals surface area contributed by atoms with Crippen molar-refractivity contribution >= 4 is 17.6 Å². The second-order valence-electron chi connectivity index (χ2n) is 12.7. The molecule has 6 nitrogen and oxygen atoms in total. The van der Waals surface area contributed by atoms with Crippen molar-refractivity contribution in [3.63, 3.8) is 0 Å². The number of aryl methyl sites for hydroxylation is 1. The fourth-order valence-electron chi connectivity index (χ4n) is 7.37. The van der Waals surface area contributed by atoms with Crippen molar-refractivity contribution in [2.24, 2.45) is 11.8 Å². The lowest BCUT2D eigenvalue weighted by Gasteiger charge is -2.35. The predicted octanol–water partition coefficient (Wildman–Crippen LogP) is 6.50. The third kappa shape index (κ3) is 6.71. The zero-order chi connectivity index (χ0) is 28.3. The van der Waals surface area contributed by atoms with Gasteiger partial charge in [-0.2, -0.15) is 0 Å². The summed E-state index contributed by atoms with van der Waals surface area (Å²) in [6.45, 7) is 6.90. The van der Waals surface area contributed by atoms with E-state index in [1.54, 1.807) is 0 Å². The summed E-state index contributed by atoms with van der Waals surface area (Å²) < 4.78 is 0. The minimum Gasteiger partial charge on any atom is -0.480 e. The van der Waals surface area contributed by atoms with E-state index < -0.39 is 5.97 Å². The van der Waals surface area contributed by atoms with Crippen molar-refractivity contribution in [2.75, 3.05) is 32.7 Å². The molecule has 0 bridgehead atoms. The smallest absolute Gasteiger partial charge is 0.320 e. The summed E-state index contributed by atoms with van der Waals surface area (Å²) in [5, 5.41) is 10.8. The monoisotopic (exact) mass is 574 g/mol. The Morgan fingerprint density at radius 2 is 1.85 bits per heavy atom. The number of nitrogens with one attached hydrogen (secondary N) is 1. The molecule has 3 unspecified atom stereocenters. The molecule has 2 saturated heterocycles. The third-order valence-electron chi connectivity index (χ3n) is 9.88. The van der Waals surface area contributed by atoms with Gasteiger partial charge in [0.2, 0.25) is 0 Å². The van der Waals surface area contributed by atoms with Gasteiger partial charge >= 0.3 is 5.97 Å². The van der Waals surface area contributed by atoms with Crippen molar-refractivity contribution in [1.29, 1.82) is 0 Å². The molecule has 3 heterocycles. The van der Waals surface area contributed by atoms with E-state index in [2.05, 4.69) is 75.2 Å². The number of nitrogens with zero attached hydrogens (tertiary/aromatic N) is 3. The maximum atomic E-state index is 12.4. The molecule has 41 heavy (non-hydrogen) atoms. The number of hydrogen-bond donors (Lipinski definition) is 2. The minimum absolute atomic E-state index is 0.360. The van der Waals surface area contributed by atoms with Crippen LogP contribution in [-0.2, 0) is 11.2 Å². The van der Waals surface area contributed by atoms with E-state index in [4.69, 9.17) is 11.6 Å². The fraction of sp³-hybridized carbons (Fsp3) is 0.529. The Bertz CT molecular complexity index is 1320. The van der Waals surface area contributed by atoms with Gasteiger partial charge in [-0.3, -0.25) is 9.69 Å². The maximum Gasteiger partial charge on any atom is 0.320 e. The molecule has 1 aromatic heterocycles. The number of benzene rings is 2. The van der Waals surface area contributed by atoms with Crippen LogP contribution in [-0.4, -0.2) is 69.6 Å². The molecule has 0 spiro atoms. The first-order chi connectivity index (χ1) is 19.9. The van der Waals surface area contributed by atoms with E-state index in [0.29, 0.717) is 28.8 Å². The van der Waals surface area contributed by atoms with Crippen LogP contribution in [0.4, 0.5) is 0 Å². The van der Waals surface area contributed by atoms with Crippen molar-refractivity contribution < 1.29 is 9.90 Å². The summed E-state index contributed by atoms with van der Waals surface area (Å²) in [5.74, 6) is 2.03. The first kappa shape index (κ1) is 28.4. The number of aromatic amines is 1. The maximum absolute atomic E-state index is 12.4. The first-order valence-electron chi connectivity index (χ1n) is 15.5. The van der Waals surface area contributed by atoms with E-state index in [9.17, 15) is 9.90 Å². The summed E-state index contributed by atoms with van der Waals surface area (Å²) in [7, 11) is 0. The van der Waals surface area contributed by atoms with Gasteiger partial charge in [0.25, 0.3) is 0 Å². The fourth-order valence-corrected chi connectivity index (χ4v) is 7.67. The molecule has 2 aliphatic heterocycles. The summed E-state index contributed by atoms with van der Waals surface area (Å²) in [6, 6.07) is 18.9. The number of imidazole rings is 1. The topological polar surface area (TPSA) is 72.5 Å². The van der Waals surface area contributed by atoms with Gasteiger partial charge in [0.1, 0.15) is 11.9 Å². The summed E-state index contributed by atoms with van der Waals surface area (Å²) >= 11 is 6.63. The van der Waals surface area contributed by atoms with Crippen molar-refractivity contribution in [3.05, 3.63) is 88.0 Å². The van der Waals surface area contributed by atoms with Crippen LogP contribution in [0.3, 0.4) is 0 Å². The third-order valence-corrected chi connectivity index (χ3v) is 10.2. The van der Waals surface area contributed by atoms with Gasteiger partial charge in [0.05, 0.1) is 5.69 Å². The van der Waals surface area contributed by atoms with E-state index in [-0.39, 0.29) is 6.04 Å². The highest BCUT2D eigenvalue weighted by atomic mass is 35.5. The number of rotatable bonds is 10. The SMILES string of the molecule is Cc1cccc(C2CN(C(CC3CCC3)C(=O)O)CC2CN2CCC(c3[nH]c(Cc4ccccc4)nc3Cl)CC2)c1. The largest absolute Gasteiger partial charge is 0.480 e. The average Bonchev–Trinajstić information content (AvgIpc) is 3.51. The molecular formula is C34H43ClN4O2. The lowest BCUT2D eigenvalue weighted by atomic mass is 9.80. The van der Waals surface area contributed by atoms with Crippen molar-refractivity contribution in [2.45, 2.75) is 69.7 Å². The van der Waals surface area contributed by atoms with Gasteiger partial charge in [-0.25, -0.2) is 4.98 Å². The average molecular weight is 575 g/mol. The highest BCUT2D eigenvalue weighted by molar-refractivity contribution is 6.30. The second-order valence-corrected chi connectivity index (χ2v) is 13.1. The van der Waals surface area contributed by atoms with E-state index in [0.717, 1.165) is 69.9 Å². The van der Waals surface area contributed by atoms with E-state index >= 15 is 0 Å². The molecule has 2 aromatic carbocycles. The Labute approximate surface area is 249 Å². The second kappa shape index (κ2) is 12.7.